The molecule has 0 aliphatic carbocycles. The monoisotopic (exact) mass is 219 g/mol. The molecule has 0 N–H and O–H groups in total. The van der Waals surface area contributed by atoms with Gasteiger partial charge in [0.05, 0.1) is 18.4 Å². The minimum atomic E-state index is 0.130. The van der Waals surface area contributed by atoms with E-state index in [9.17, 15) is 0 Å². The third-order valence-corrected chi connectivity index (χ3v) is 2.64. The van der Waals surface area contributed by atoms with Crippen molar-refractivity contribution >= 4 is 6.21 Å². The minimum Gasteiger partial charge on any atom is -0.391 e. The molecule has 1 aromatic carbocycles. The van der Waals surface area contributed by atoms with E-state index in [1.807, 2.05) is 30.3 Å². The van der Waals surface area contributed by atoms with Crippen molar-refractivity contribution in [3.8, 4) is 0 Å². The van der Waals surface area contributed by atoms with Gasteiger partial charge >= 0.3 is 0 Å². The first-order valence-corrected chi connectivity index (χ1v) is 5.69. The topological polar surface area (TPSA) is 30.8 Å². The third-order valence-electron chi connectivity index (χ3n) is 2.64. The molecule has 0 aromatic heterocycles. The maximum atomic E-state index is 5.58. The SMILES string of the molecule is CC1CCC(/C=N/OCc2ccccc2)O1. The zero-order valence-electron chi connectivity index (χ0n) is 9.50. The molecule has 1 fully saturated rings. The van der Waals surface area contributed by atoms with Gasteiger partial charge in [0.25, 0.3) is 0 Å². The van der Waals surface area contributed by atoms with Gasteiger partial charge in [-0.2, -0.15) is 0 Å². The van der Waals surface area contributed by atoms with Crippen molar-refractivity contribution in [2.45, 2.75) is 38.6 Å². The molecule has 3 nitrogen and oxygen atoms in total. The second-order valence-electron chi connectivity index (χ2n) is 4.08. The highest BCUT2D eigenvalue weighted by Gasteiger charge is 2.19. The molecular weight excluding hydrogens is 202 g/mol. The number of ether oxygens (including phenoxy) is 1. The number of hydrogen-bond donors (Lipinski definition) is 0. The fraction of sp³-hybridized carbons (Fsp3) is 0.462. The Morgan fingerprint density at radius 2 is 2.19 bits per heavy atom. The van der Waals surface area contributed by atoms with Crippen LogP contribution < -0.4 is 0 Å². The van der Waals surface area contributed by atoms with E-state index in [4.69, 9.17) is 9.57 Å². The summed E-state index contributed by atoms with van der Waals surface area (Å²) < 4.78 is 5.58. The van der Waals surface area contributed by atoms with Crippen LogP contribution in [0.4, 0.5) is 0 Å². The number of benzene rings is 1. The predicted octanol–water partition coefficient (Wildman–Crippen LogP) is 2.76. The summed E-state index contributed by atoms with van der Waals surface area (Å²) in [7, 11) is 0. The van der Waals surface area contributed by atoms with E-state index in [-0.39, 0.29) is 6.10 Å². The third kappa shape index (κ3) is 3.35. The van der Waals surface area contributed by atoms with Crippen molar-refractivity contribution < 1.29 is 9.57 Å². The van der Waals surface area contributed by atoms with E-state index in [1.54, 1.807) is 6.21 Å². The van der Waals surface area contributed by atoms with Gasteiger partial charge in [0.2, 0.25) is 0 Å². The Morgan fingerprint density at radius 3 is 2.88 bits per heavy atom. The van der Waals surface area contributed by atoms with Gasteiger partial charge in [0.15, 0.2) is 0 Å². The van der Waals surface area contributed by atoms with Crippen LogP contribution in [-0.4, -0.2) is 18.4 Å². The van der Waals surface area contributed by atoms with Crippen LogP contribution in [0.25, 0.3) is 0 Å². The number of nitrogens with zero attached hydrogens (tertiary/aromatic N) is 1. The molecule has 16 heavy (non-hydrogen) atoms. The molecule has 0 bridgehead atoms. The maximum absolute atomic E-state index is 5.58. The summed E-state index contributed by atoms with van der Waals surface area (Å²) in [5, 5.41) is 3.93. The Labute approximate surface area is 96.1 Å². The highest BCUT2D eigenvalue weighted by atomic mass is 16.6. The highest BCUT2D eigenvalue weighted by Crippen LogP contribution is 2.17. The molecular formula is C13H17NO2. The van der Waals surface area contributed by atoms with Crippen molar-refractivity contribution in [1.82, 2.24) is 0 Å². The van der Waals surface area contributed by atoms with Crippen molar-refractivity contribution in [3.63, 3.8) is 0 Å². The molecule has 2 rings (SSSR count). The first kappa shape index (κ1) is 11.1. The largest absolute Gasteiger partial charge is 0.391 e. The molecule has 0 spiro atoms. The van der Waals surface area contributed by atoms with Crippen LogP contribution >= 0.6 is 0 Å². The minimum absolute atomic E-state index is 0.130. The Kier molecular flexibility index (Phi) is 3.94. The predicted molar refractivity (Wildman–Crippen MR) is 63.3 cm³/mol. The van der Waals surface area contributed by atoms with Gasteiger partial charge in [-0.05, 0) is 25.3 Å². The molecule has 0 saturated carbocycles. The van der Waals surface area contributed by atoms with Crippen molar-refractivity contribution in [2.75, 3.05) is 0 Å². The summed E-state index contributed by atoms with van der Waals surface area (Å²) in [5.41, 5.74) is 1.13. The number of oxime groups is 1. The Bertz CT molecular complexity index is 337. The van der Waals surface area contributed by atoms with E-state index in [0.717, 1.165) is 18.4 Å². The smallest absolute Gasteiger partial charge is 0.142 e. The standard InChI is InChI=1S/C13H17NO2/c1-11-7-8-13(16-11)9-14-15-10-12-5-3-2-4-6-12/h2-6,9,11,13H,7-8,10H2,1H3/b14-9+. The lowest BCUT2D eigenvalue weighted by atomic mass is 10.2. The van der Waals surface area contributed by atoms with Crippen molar-refractivity contribution in [2.24, 2.45) is 5.16 Å². The highest BCUT2D eigenvalue weighted by molar-refractivity contribution is 5.62. The molecule has 1 aliphatic heterocycles. The lowest BCUT2D eigenvalue weighted by Gasteiger charge is -2.04. The van der Waals surface area contributed by atoms with E-state index in [2.05, 4.69) is 12.1 Å². The molecule has 1 aliphatic rings. The van der Waals surface area contributed by atoms with E-state index in [1.165, 1.54) is 0 Å². The van der Waals surface area contributed by atoms with Crippen molar-refractivity contribution in [3.05, 3.63) is 35.9 Å². The summed E-state index contributed by atoms with van der Waals surface area (Å²) in [6.45, 7) is 2.60. The molecule has 2 unspecified atom stereocenters. The van der Waals surface area contributed by atoms with Crippen LogP contribution in [0.5, 0.6) is 0 Å². The molecule has 0 amide bonds. The van der Waals surface area contributed by atoms with Gasteiger partial charge in [-0.25, -0.2) is 0 Å². The molecule has 2 atom stereocenters. The van der Waals surface area contributed by atoms with Gasteiger partial charge in [0, 0.05) is 0 Å². The molecule has 86 valence electrons. The summed E-state index contributed by atoms with van der Waals surface area (Å²) in [6.07, 6.45) is 4.39. The van der Waals surface area contributed by atoms with Gasteiger partial charge in [-0.1, -0.05) is 35.5 Å². The van der Waals surface area contributed by atoms with Gasteiger partial charge in [0.1, 0.15) is 6.61 Å². The van der Waals surface area contributed by atoms with Gasteiger partial charge < -0.3 is 9.57 Å². The van der Waals surface area contributed by atoms with Crippen LogP contribution in [0, 0.1) is 0 Å². The first-order chi connectivity index (χ1) is 7.84. The molecule has 1 aromatic rings. The fourth-order valence-electron chi connectivity index (χ4n) is 1.74. The summed E-state index contributed by atoms with van der Waals surface area (Å²) in [4.78, 5) is 5.21. The average Bonchev–Trinajstić information content (AvgIpc) is 2.72. The van der Waals surface area contributed by atoms with Crippen LogP contribution in [0.3, 0.4) is 0 Å². The summed E-state index contributed by atoms with van der Waals surface area (Å²) in [5.74, 6) is 0. The maximum Gasteiger partial charge on any atom is 0.142 e. The average molecular weight is 219 g/mol. The van der Waals surface area contributed by atoms with Crippen LogP contribution in [0.1, 0.15) is 25.3 Å². The van der Waals surface area contributed by atoms with Crippen LogP contribution in [0.15, 0.2) is 35.5 Å². The quantitative estimate of drug-likeness (QED) is 0.576. The fourth-order valence-corrected chi connectivity index (χ4v) is 1.74. The molecule has 3 heteroatoms. The lowest BCUT2D eigenvalue weighted by molar-refractivity contribution is 0.0880. The molecule has 1 heterocycles. The van der Waals surface area contributed by atoms with Gasteiger partial charge in [-0.15, -0.1) is 0 Å². The second-order valence-corrected chi connectivity index (χ2v) is 4.08. The normalized spacial score (nSPS) is 25.1. The van der Waals surface area contributed by atoms with Crippen LogP contribution in [0.2, 0.25) is 0 Å². The van der Waals surface area contributed by atoms with Gasteiger partial charge in [-0.3, -0.25) is 0 Å². The number of rotatable bonds is 4. The Hall–Kier alpha value is -1.35. The zero-order chi connectivity index (χ0) is 11.2. The molecule has 1 saturated heterocycles. The lowest BCUT2D eigenvalue weighted by Crippen LogP contribution is -2.09. The number of hydrogen-bond acceptors (Lipinski definition) is 3. The zero-order valence-corrected chi connectivity index (χ0v) is 9.50. The second kappa shape index (κ2) is 5.66. The Morgan fingerprint density at radius 1 is 1.38 bits per heavy atom. The first-order valence-electron chi connectivity index (χ1n) is 5.69. The molecule has 0 radical (unpaired) electrons. The van der Waals surface area contributed by atoms with Crippen molar-refractivity contribution in [1.29, 1.82) is 0 Å². The van der Waals surface area contributed by atoms with E-state index in [0.29, 0.717) is 12.7 Å². The Balaban J connectivity index is 1.70. The summed E-state index contributed by atoms with van der Waals surface area (Å²) in [6, 6.07) is 10.0. The van der Waals surface area contributed by atoms with E-state index >= 15 is 0 Å². The van der Waals surface area contributed by atoms with E-state index < -0.39 is 0 Å². The van der Waals surface area contributed by atoms with Crippen LogP contribution in [-0.2, 0) is 16.2 Å². The summed E-state index contributed by atoms with van der Waals surface area (Å²) >= 11 is 0.